The maximum atomic E-state index is 15.2. The van der Waals surface area contributed by atoms with Crippen molar-refractivity contribution < 1.29 is 33.2 Å². The van der Waals surface area contributed by atoms with Crippen LogP contribution >= 0.6 is 0 Å². The molecule has 4 heterocycles. The Labute approximate surface area is 240 Å². The number of amides is 6. The minimum absolute atomic E-state index is 0.00460. The first-order chi connectivity index (χ1) is 20.1. The van der Waals surface area contributed by atoms with Gasteiger partial charge in [0.2, 0.25) is 23.6 Å². The summed E-state index contributed by atoms with van der Waals surface area (Å²) in [7, 11) is 0. The quantitative estimate of drug-likeness (QED) is 0.488. The summed E-state index contributed by atoms with van der Waals surface area (Å²) in [6.45, 7) is 2.67. The highest BCUT2D eigenvalue weighted by atomic mass is 19.1. The van der Waals surface area contributed by atoms with E-state index < -0.39 is 41.4 Å². The highest BCUT2D eigenvalue weighted by Gasteiger charge is 2.45. The van der Waals surface area contributed by atoms with Crippen LogP contribution in [0.5, 0.6) is 0 Å². The van der Waals surface area contributed by atoms with Crippen molar-refractivity contribution in [3.63, 3.8) is 0 Å². The molecule has 6 rings (SSSR count). The van der Waals surface area contributed by atoms with Crippen LogP contribution in [-0.2, 0) is 14.4 Å². The van der Waals surface area contributed by atoms with Gasteiger partial charge in [0.1, 0.15) is 11.9 Å². The van der Waals surface area contributed by atoms with E-state index in [0.717, 1.165) is 16.7 Å². The van der Waals surface area contributed by atoms with Gasteiger partial charge in [-0.3, -0.25) is 39.0 Å². The molecule has 3 fully saturated rings. The van der Waals surface area contributed by atoms with Crippen molar-refractivity contribution in [2.24, 2.45) is 11.7 Å². The summed E-state index contributed by atoms with van der Waals surface area (Å²) in [5.74, 6) is -3.99. The summed E-state index contributed by atoms with van der Waals surface area (Å²) >= 11 is 0. The fraction of sp³-hybridized carbons (Fsp3) is 0.379. The normalized spacial score (nSPS) is 22.5. The number of hydrogen-bond donors (Lipinski definition) is 2. The third kappa shape index (κ3) is 4.74. The minimum atomic E-state index is -1.13. The molecule has 218 valence electrons. The smallest absolute Gasteiger partial charge is 0.262 e. The molecule has 3 saturated heterocycles. The molecule has 0 saturated carbocycles. The Hall–Kier alpha value is -4.81. The average Bonchev–Trinajstić information content (AvgIpc) is 3.56. The van der Waals surface area contributed by atoms with E-state index in [4.69, 9.17) is 5.73 Å². The van der Waals surface area contributed by atoms with Gasteiger partial charge in [0.15, 0.2) is 0 Å². The van der Waals surface area contributed by atoms with Gasteiger partial charge in [0.05, 0.1) is 22.7 Å². The number of piperidine rings is 1. The zero-order chi connectivity index (χ0) is 29.7. The van der Waals surface area contributed by atoms with Crippen LogP contribution in [0.4, 0.5) is 15.8 Å². The standard InChI is InChI=1S/C29H29FN6O6/c30-21-13-19-20(29(42)36(28(19)41)22-5-6-24(37)32-26(22)39)14-23(21)33-9-11-34(12-10-33)27(40)17-7-8-35(15-17)18-3-1-16(2-4-18)25(31)38/h1-4,13-14,17,22H,5-12,15H2,(H2,31,38)(H,32,37,39)/t17-,22?/m1/s1. The number of carbonyl (C=O) groups excluding carboxylic acids is 6. The second-order valence-electron chi connectivity index (χ2n) is 11.0. The largest absolute Gasteiger partial charge is 0.371 e. The number of carbonyl (C=O) groups is 6. The summed E-state index contributed by atoms with van der Waals surface area (Å²) in [4.78, 5) is 81.0. The highest BCUT2D eigenvalue weighted by Crippen LogP contribution is 2.33. The summed E-state index contributed by atoms with van der Waals surface area (Å²) in [6.07, 6.45) is 0.701. The number of nitrogens with one attached hydrogen (secondary N) is 1. The number of fused-ring (bicyclic) bond motifs is 1. The lowest BCUT2D eigenvalue weighted by atomic mass is 10.0. The van der Waals surface area contributed by atoms with Crippen molar-refractivity contribution in [1.29, 1.82) is 0 Å². The molecule has 4 aliphatic heterocycles. The molecular weight excluding hydrogens is 547 g/mol. The number of halogens is 1. The van der Waals surface area contributed by atoms with E-state index in [1.807, 2.05) is 12.1 Å². The van der Waals surface area contributed by atoms with Crippen LogP contribution in [0.2, 0.25) is 0 Å². The third-order valence-electron chi connectivity index (χ3n) is 8.49. The fourth-order valence-electron chi connectivity index (χ4n) is 6.18. The first-order valence-corrected chi connectivity index (χ1v) is 13.9. The Kier molecular flexibility index (Phi) is 6.87. The van der Waals surface area contributed by atoms with Crippen LogP contribution in [-0.4, -0.2) is 90.6 Å². The SMILES string of the molecule is NC(=O)c1ccc(N2CC[C@@H](C(=O)N3CCN(c4cc5c(cc4F)C(=O)N(C4CCC(=O)NC4=O)C5=O)CC3)C2)cc1. The molecule has 4 aliphatic rings. The van der Waals surface area contributed by atoms with Crippen LogP contribution in [0.15, 0.2) is 36.4 Å². The lowest BCUT2D eigenvalue weighted by molar-refractivity contribution is -0.136. The van der Waals surface area contributed by atoms with Gasteiger partial charge in [0.25, 0.3) is 11.8 Å². The predicted octanol–water partition coefficient (Wildman–Crippen LogP) is 0.501. The van der Waals surface area contributed by atoms with Crippen LogP contribution in [0, 0.1) is 11.7 Å². The zero-order valence-corrected chi connectivity index (χ0v) is 22.7. The molecular formula is C29H29FN6O6. The molecule has 0 aliphatic carbocycles. The van der Waals surface area contributed by atoms with Gasteiger partial charge in [0, 0.05) is 56.9 Å². The second kappa shape index (κ2) is 10.5. The van der Waals surface area contributed by atoms with Gasteiger partial charge >= 0.3 is 0 Å². The number of primary amides is 1. The molecule has 12 nitrogen and oxygen atoms in total. The Morgan fingerprint density at radius 2 is 1.52 bits per heavy atom. The van der Waals surface area contributed by atoms with Crippen molar-refractivity contribution in [3.05, 3.63) is 58.9 Å². The summed E-state index contributed by atoms with van der Waals surface area (Å²) in [6, 6.07) is 8.21. The molecule has 1 unspecified atom stereocenters. The molecule has 2 atom stereocenters. The third-order valence-corrected chi connectivity index (χ3v) is 8.49. The minimum Gasteiger partial charge on any atom is -0.371 e. The zero-order valence-electron chi connectivity index (χ0n) is 22.7. The monoisotopic (exact) mass is 576 g/mol. The lowest BCUT2D eigenvalue weighted by Crippen LogP contribution is -2.54. The van der Waals surface area contributed by atoms with Crippen molar-refractivity contribution in [2.45, 2.75) is 25.3 Å². The fourth-order valence-corrected chi connectivity index (χ4v) is 6.18. The number of hydrogen-bond acceptors (Lipinski definition) is 8. The summed E-state index contributed by atoms with van der Waals surface area (Å²) in [5.41, 5.74) is 6.69. The number of piperazine rings is 1. The van der Waals surface area contributed by atoms with E-state index in [9.17, 15) is 28.8 Å². The molecule has 0 aromatic heterocycles. The number of nitrogens with zero attached hydrogens (tertiary/aromatic N) is 4. The van der Waals surface area contributed by atoms with E-state index in [0.29, 0.717) is 51.3 Å². The van der Waals surface area contributed by atoms with E-state index in [2.05, 4.69) is 10.2 Å². The highest BCUT2D eigenvalue weighted by molar-refractivity contribution is 6.23. The molecule has 0 spiro atoms. The average molecular weight is 577 g/mol. The van der Waals surface area contributed by atoms with Gasteiger partial charge in [-0.1, -0.05) is 0 Å². The van der Waals surface area contributed by atoms with Crippen LogP contribution in [0.3, 0.4) is 0 Å². The molecule has 3 N–H and O–H groups in total. The molecule has 6 amide bonds. The van der Waals surface area contributed by atoms with E-state index in [1.54, 1.807) is 21.9 Å². The van der Waals surface area contributed by atoms with Crippen LogP contribution in [0.25, 0.3) is 0 Å². The van der Waals surface area contributed by atoms with Crippen molar-refractivity contribution in [1.82, 2.24) is 15.1 Å². The number of benzene rings is 2. The van der Waals surface area contributed by atoms with E-state index in [1.165, 1.54) is 6.07 Å². The van der Waals surface area contributed by atoms with Crippen molar-refractivity contribution in [2.75, 3.05) is 49.1 Å². The van der Waals surface area contributed by atoms with E-state index in [-0.39, 0.29) is 41.5 Å². The topological polar surface area (TPSA) is 153 Å². The number of anilines is 2. The Balaban J connectivity index is 1.09. The molecule has 42 heavy (non-hydrogen) atoms. The second-order valence-corrected chi connectivity index (χ2v) is 11.0. The lowest BCUT2D eigenvalue weighted by Gasteiger charge is -2.37. The summed E-state index contributed by atoms with van der Waals surface area (Å²) < 4.78 is 15.2. The maximum absolute atomic E-state index is 15.2. The first-order valence-electron chi connectivity index (χ1n) is 13.9. The molecule has 2 aromatic carbocycles. The van der Waals surface area contributed by atoms with Gasteiger partial charge in [-0.2, -0.15) is 0 Å². The Bertz CT molecular complexity index is 1520. The first kappa shape index (κ1) is 27.4. The van der Waals surface area contributed by atoms with Crippen molar-refractivity contribution in [3.8, 4) is 0 Å². The van der Waals surface area contributed by atoms with E-state index >= 15 is 4.39 Å². The number of imide groups is 2. The number of rotatable bonds is 5. The van der Waals surface area contributed by atoms with Gasteiger partial charge in [-0.05, 0) is 49.2 Å². The molecule has 0 radical (unpaired) electrons. The molecule has 13 heteroatoms. The predicted molar refractivity (Wildman–Crippen MR) is 147 cm³/mol. The number of nitrogens with two attached hydrogens (primary N) is 1. The van der Waals surface area contributed by atoms with Crippen molar-refractivity contribution >= 4 is 46.8 Å². The van der Waals surface area contributed by atoms with Gasteiger partial charge in [-0.15, -0.1) is 0 Å². The van der Waals surface area contributed by atoms with Crippen LogP contribution in [0.1, 0.15) is 50.3 Å². The molecule has 2 aromatic rings. The van der Waals surface area contributed by atoms with Crippen LogP contribution < -0.4 is 20.9 Å². The van der Waals surface area contributed by atoms with Gasteiger partial charge in [-0.25, -0.2) is 4.39 Å². The Morgan fingerprint density at radius 1 is 0.857 bits per heavy atom. The molecule has 0 bridgehead atoms. The van der Waals surface area contributed by atoms with Gasteiger partial charge < -0.3 is 20.4 Å². The summed E-state index contributed by atoms with van der Waals surface area (Å²) in [5, 5.41) is 2.14. The maximum Gasteiger partial charge on any atom is 0.262 e. The Morgan fingerprint density at radius 3 is 2.17 bits per heavy atom.